The van der Waals surface area contributed by atoms with Crippen molar-refractivity contribution in [2.24, 2.45) is 0 Å². The summed E-state index contributed by atoms with van der Waals surface area (Å²) in [4.78, 5) is 15.0. The highest BCUT2D eigenvalue weighted by molar-refractivity contribution is 6.17. The van der Waals surface area contributed by atoms with Gasteiger partial charge in [0.2, 0.25) is 0 Å². The van der Waals surface area contributed by atoms with Gasteiger partial charge in [0.25, 0.3) is 0 Å². The molecule has 11 aromatic rings. The number of hydrogen-bond donors (Lipinski definition) is 0. The molecule has 0 fully saturated rings. The van der Waals surface area contributed by atoms with Gasteiger partial charge in [-0.05, 0) is 71.8 Å². The average Bonchev–Trinajstić information content (AvgIpc) is 3.77. The van der Waals surface area contributed by atoms with Gasteiger partial charge >= 0.3 is 0 Å². The fourth-order valence-corrected chi connectivity index (χ4v) is 7.76. The number of pyridine rings is 1. The summed E-state index contributed by atoms with van der Waals surface area (Å²) in [6.45, 7) is 0. The van der Waals surface area contributed by atoms with Crippen LogP contribution in [0.2, 0.25) is 0 Å². The number of benzene rings is 7. The normalized spacial score (nSPS) is 11.7. The van der Waals surface area contributed by atoms with Crippen molar-refractivity contribution in [3.05, 3.63) is 182 Å². The van der Waals surface area contributed by atoms with Crippen LogP contribution in [0.3, 0.4) is 0 Å². The summed E-state index contributed by atoms with van der Waals surface area (Å²) in [7, 11) is 0. The SMILES string of the molecule is c1ccc(-c2cc(-c3ccc(-c4ccc5c(c4)c4cc6oc7ccccc7c6cc4n5-c4ccccc4)cc3)nc(-c3ccc4ccccc4n3)n2)cc1. The van der Waals surface area contributed by atoms with Gasteiger partial charge in [-0.2, -0.15) is 0 Å². The molecule has 0 saturated heterocycles. The Bertz CT molecular complexity index is 3200. The summed E-state index contributed by atoms with van der Waals surface area (Å²) in [5.41, 5.74) is 12.9. The van der Waals surface area contributed by atoms with E-state index in [4.69, 9.17) is 19.4 Å². The Morgan fingerprint density at radius 2 is 1.04 bits per heavy atom. The zero-order valence-electron chi connectivity index (χ0n) is 29.0. The molecule has 7 aromatic carbocycles. The molecule has 4 heterocycles. The highest BCUT2D eigenvalue weighted by Crippen LogP contribution is 2.40. The molecule has 0 bridgehead atoms. The third-order valence-electron chi connectivity index (χ3n) is 10.4. The van der Waals surface area contributed by atoms with Gasteiger partial charge in [-0.3, -0.25) is 0 Å². The smallest absolute Gasteiger partial charge is 0.179 e. The molecule has 0 saturated carbocycles. The second-order valence-electron chi connectivity index (χ2n) is 13.7. The minimum atomic E-state index is 0.597. The van der Waals surface area contributed by atoms with Crippen LogP contribution in [0.15, 0.2) is 186 Å². The predicted molar refractivity (Wildman–Crippen MR) is 221 cm³/mol. The van der Waals surface area contributed by atoms with Crippen molar-refractivity contribution in [3.8, 4) is 50.8 Å². The van der Waals surface area contributed by atoms with Gasteiger partial charge in [0, 0.05) is 43.7 Å². The number of hydrogen-bond acceptors (Lipinski definition) is 4. The maximum atomic E-state index is 6.36. The first-order valence-corrected chi connectivity index (χ1v) is 18.1. The molecule has 0 atom stereocenters. The lowest BCUT2D eigenvalue weighted by molar-refractivity contribution is 0.669. The Balaban J connectivity index is 1.03. The highest BCUT2D eigenvalue weighted by atomic mass is 16.3. The Labute approximate surface area is 310 Å². The van der Waals surface area contributed by atoms with Crippen LogP contribution < -0.4 is 0 Å². The summed E-state index contributed by atoms with van der Waals surface area (Å²) in [5.74, 6) is 0.597. The van der Waals surface area contributed by atoms with Crippen molar-refractivity contribution in [2.45, 2.75) is 0 Å². The monoisotopic (exact) mass is 690 g/mol. The third kappa shape index (κ3) is 4.98. The Morgan fingerprint density at radius 3 is 1.87 bits per heavy atom. The Kier molecular flexibility index (Phi) is 6.79. The first-order chi connectivity index (χ1) is 26.7. The zero-order valence-corrected chi connectivity index (χ0v) is 29.0. The fraction of sp³-hybridized carbons (Fsp3) is 0. The van der Waals surface area contributed by atoms with E-state index in [1.165, 1.54) is 5.39 Å². The van der Waals surface area contributed by atoms with Crippen molar-refractivity contribution in [3.63, 3.8) is 0 Å². The number of furan rings is 1. The molecule has 0 aliphatic heterocycles. The molecule has 0 radical (unpaired) electrons. The second-order valence-corrected chi connectivity index (χ2v) is 13.7. The van der Waals surface area contributed by atoms with Gasteiger partial charge in [-0.15, -0.1) is 0 Å². The number of para-hydroxylation sites is 3. The first kappa shape index (κ1) is 30.3. The first-order valence-electron chi connectivity index (χ1n) is 18.1. The lowest BCUT2D eigenvalue weighted by Gasteiger charge is -2.10. The largest absolute Gasteiger partial charge is 0.456 e. The molecule has 0 aliphatic rings. The van der Waals surface area contributed by atoms with Crippen LogP contribution in [0.25, 0.3) is 105 Å². The molecule has 54 heavy (non-hydrogen) atoms. The van der Waals surface area contributed by atoms with Crippen LogP contribution >= 0.6 is 0 Å². The zero-order chi connectivity index (χ0) is 35.6. The van der Waals surface area contributed by atoms with Crippen molar-refractivity contribution in [1.29, 1.82) is 0 Å². The number of aromatic nitrogens is 4. The van der Waals surface area contributed by atoms with E-state index in [0.29, 0.717) is 5.82 Å². The lowest BCUT2D eigenvalue weighted by atomic mass is 10.00. The summed E-state index contributed by atoms with van der Waals surface area (Å²) in [6.07, 6.45) is 0. The number of rotatable bonds is 5. The Hall–Kier alpha value is -7.37. The van der Waals surface area contributed by atoms with Gasteiger partial charge in [-0.1, -0.05) is 121 Å². The van der Waals surface area contributed by atoms with E-state index in [1.54, 1.807) is 0 Å². The molecule has 5 heteroatoms. The number of fused-ring (bicyclic) bond motifs is 7. The minimum absolute atomic E-state index is 0.597. The van der Waals surface area contributed by atoms with E-state index in [0.717, 1.165) is 94.3 Å². The van der Waals surface area contributed by atoms with Crippen LogP contribution in [0.1, 0.15) is 0 Å². The quantitative estimate of drug-likeness (QED) is 0.180. The van der Waals surface area contributed by atoms with Gasteiger partial charge < -0.3 is 8.98 Å². The van der Waals surface area contributed by atoms with Gasteiger partial charge in [0.05, 0.1) is 27.9 Å². The van der Waals surface area contributed by atoms with Crippen molar-refractivity contribution in [1.82, 2.24) is 19.5 Å². The van der Waals surface area contributed by atoms with Crippen molar-refractivity contribution >= 4 is 54.6 Å². The molecule has 0 spiro atoms. The molecule has 0 unspecified atom stereocenters. The molecular formula is C49H30N4O. The van der Waals surface area contributed by atoms with E-state index in [9.17, 15) is 0 Å². The summed E-state index contributed by atoms with van der Waals surface area (Å²) in [5, 5.41) is 5.66. The molecule has 0 aliphatic carbocycles. The second kappa shape index (κ2) is 12.1. The van der Waals surface area contributed by atoms with E-state index in [-0.39, 0.29) is 0 Å². The molecule has 252 valence electrons. The molecule has 11 rings (SSSR count). The van der Waals surface area contributed by atoms with E-state index < -0.39 is 0 Å². The topological polar surface area (TPSA) is 56.7 Å². The maximum absolute atomic E-state index is 6.36. The van der Waals surface area contributed by atoms with Crippen LogP contribution in [0, 0.1) is 0 Å². The Morgan fingerprint density at radius 1 is 0.370 bits per heavy atom. The predicted octanol–water partition coefficient (Wildman–Crippen LogP) is 12.7. The molecule has 0 amide bonds. The van der Waals surface area contributed by atoms with Crippen LogP contribution in [0.4, 0.5) is 0 Å². The van der Waals surface area contributed by atoms with E-state index in [1.807, 2.05) is 54.6 Å². The maximum Gasteiger partial charge on any atom is 0.179 e. The van der Waals surface area contributed by atoms with Crippen LogP contribution in [0.5, 0.6) is 0 Å². The van der Waals surface area contributed by atoms with Crippen molar-refractivity contribution in [2.75, 3.05) is 0 Å². The summed E-state index contributed by atoms with van der Waals surface area (Å²) in [6, 6.07) is 63.3. The van der Waals surface area contributed by atoms with Gasteiger partial charge in [-0.25, -0.2) is 15.0 Å². The molecule has 0 N–H and O–H groups in total. The minimum Gasteiger partial charge on any atom is -0.456 e. The molecular weight excluding hydrogens is 661 g/mol. The van der Waals surface area contributed by atoms with E-state index in [2.05, 4.69) is 132 Å². The van der Waals surface area contributed by atoms with Gasteiger partial charge in [0.1, 0.15) is 16.9 Å². The highest BCUT2D eigenvalue weighted by Gasteiger charge is 2.18. The summed E-state index contributed by atoms with van der Waals surface area (Å²) < 4.78 is 8.72. The summed E-state index contributed by atoms with van der Waals surface area (Å²) >= 11 is 0. The van der Waals surface area contributed by atoms with Crippen molar-refractivity contribution < 1.29 is 4.42 Å². The molecule has 5 nitrogen and oxygen atoms in total. The van der Waals surface area contributed by atoms with Crippen LogP contribution in [-0.4, -0.2) is 19.5 Å². The fourth-order valence-electron chi connectivity index (χ4n) is 7.76. The number of nitrogens with zero attached hydrogens (tertiary/aromatic N) is 4. The van der Waals surface area contributed by atoms with Gasteiger partial charge in [0.15, 0.2) is 5.82 Å². The standard InChI is InChI=1S/C49H30N4O/c1-3-11-32(12-4-1)43-30-44(52-49(51-43)42-25-23-33-13-7-9-17-41(33)50-42)34-21-19-31(20-22-34)35-24-26-45-38(27-35)39-29-48-40(37-16-8-10-18-47(37)54-48)28-46(39)53(45)36-14-5-2-6-15-36/h1-30H. The van der Waals surface area contributed by atoms with E-state index >= 15 is 0 Å². The average molecular weight is 691 g/mol. The molecule has 4 aromatic heterocycles. The third-order valence-corrected chi connectivity index (χ3v) is 10.4. The van der Waals surface area contributed by atoms with Crippen LogP contribution in [-0.2, 0) is 0 Å². The lowest BCUT2D eigenvalue weighted by Crippen LogP contribution is -1.97.